The largest absolute Gasteiger partial charge is 0.373 e. The van der Waals surface area contributed by atoms with E-state index in [9.17, 15) is 8.42 Å². The number of rotatable bonds is 7. The number of sulfonamides is 1. The van der Waals surface area contributed by atoms with E-state index in [1.54, 1.807) is 13.0 Å². The summed E-state index contributed by atoms with van der Waals surface area (Å²) in [5, 5.41) is 6.65. The summed E-state index contributed by atoms with van der Waals surface area (Å²) in [6.45, 7) is 7.06. The lowest BCUT2D eigenvalue weighted by Gasteiger charge is -2.22. The molecule has 2 bridgehead atoms. The highest BCUT2D eigenvalue weighted by atomic mass is 127. The van der Waals surface area contributed by atoms with Gasteiger partial charge in [0.15, 0.2) is 5.96 Å². The number of hydrogen-bond acceptors (Lipinski definition) is 4. The number of nitrogens with zero attached hydrogens (tertiary/aromatic N) is 1. The van der Waals surface area contributed by atoms with Crippen LogP contribution in [-0.2, 0) is 14.8 Å². The standard InChI is InChI=1S/C19H30N4O3S.HI/c1-4-20-19(23-16-12-15-7-8-17(16)26-15)21-9-10-22-27(24,25)18-11-13(2)5-6-14(18)3;/h5-6,11,15-17,22H,4,7-10,12H2,1-3H3,(H2,20,21,23);1H. The first-order chi connectivity index (χ1) is 12.9. The van der Waals surface area contributed by atoms with Crippen molar-refractivity contribution >= 4 is 40.0 Å². The van der Waals surface area contributed by atoms with E-state index >= 15 is 0 Å². The normalized spacial score (nSPS) is 24.1. The van der Waals surface area contributed by atoms with E-state index in [0.29, 0.717) is 23.5 Å². The molecule has 1 aromatic carbocycles. The molecule has 2 saturated heterocycles. The molecule has 3 atom stereocenters. The van der Waals surface area contributed by atoms with Crippen molar-refractivity contribution in [3.63, 3.8) is 0 Å². The molecule has 3 N–H and O–H groups in total. The Morgan fingerprint density at radius 3 is 2.71 bits per heavy atom. The minimum Gasteiger partial charge on any atom is -0.373 e. The van der Waals surface area contributed by atoms with Gasteiger partial charge in [0.1, 0.15) is 0 Å². The maximum atomic E-state index is 12.5. The maximum Gasteiger partial charge on any atom is 0.240 e. The van der Waals surface area contributed by atoms with E-state index in [0.717, 1.165) is 36.9 Å². The van der Waals surface area contributed by atoms with Crippen LogP contribution >= 0.6 is 24.0 Å². The first-order valence-electron chi connectivity index (χ1n) is 9.66. The van der Waals surface area contributed by atoms with Crippen molar-refractivity contribution in [2.24, 2.45) is 4.99 Å². The van der Waals surface area contributed by atoms with E-state index < -0.39 is 10.0 Å². The molecule has 2 aliphatic heterocycles. The van der Waals surface area contributed by atoms with Crippen LogP contribution in [0.4, 0.5) is 0 Å². The zero-order valence-electron chi connectivity index (χ0n) is 16.7. The van der Waals surface area contributed by atoms with Gasteiger partial charge in [-0.05, 0) is 57.2 Å². The molecule has 2 heterocycles. The van der Waals surface area contributed by atoms with Crippen LogP contribution in [0.2, 0.25) is 0 Å². The van der Waals surface area contributed by atoms with E-state index in [1.165, 1.54) is 0 Å². The fraction of sp³-hybridized carbons (Fsp3) is 0.632. The molecule has 0 aromatic heterocycles. The Labute approximate surface area is 185 Å². The predicted molar refractivity (Wildman–Crippen MR) is 122 cm³/mol. The summed E-state index contributed by atoms with van der Waals surface area (Å²) in [7, 11) is -3.53. The number of ether oxygens (including phenoxy) is 1. The second-order valence-electron chi connectivity index (χ2n) is 7.29. The zero-order chi connectivity index (χ0) is 19.4. The van der Waals surface area contributed by atoms with Gasteiger partial charge in [0.05, 0.1) is 29.7 Å². The van der Waals surface area contributed by atoms with Crippen LogP contribution in [0.1, 0.15) is 37.3 Å². The molecule has 0 spiro atoms. The topological polar surface area (TPSA) is 91.8 Å². The van der Waals surface area contributed by atoms with Crippen molar-refractivity contribution in [2.75, 3.05) is 19.6 Å². The lowest BCUT2D eigenvalue weighted by molar-refractivity contribution is 0.0992. The number of fused-ring (bicyclic) bond motifs is 2. The average Bonchev–Trinajstić information content (AvgIpc) is 3.24. The van der Waals surface area contributed by atoms with Crippen molar-refractivity contribution in [3.05, 3.63) is 29.3 Å². The first-order valence-corrected chi connectivity index (χ1v) is 11.1. The second-order valence-corrected chi connectivity index (χ2v) is 9.02. The Morgan fingerprint density at radius 1 is 1.29 bits per heavy atom. The molecule has 2 fully saturated rings. The van der Waals surface area contributed by atoms with Crippen molar-refractivity contribution in [1.82, 2.24) is 15.4 Å². The molecule has 3 rings (SSSR count). The fourth-order valence-corrected chi connectivity index (χ4v) is 5.06. The number of hydrogen-bond donors (Lipinski definition) is 3. The minimum absolute atomic E-state index is 0. The lowest BCUT2D eigenvalue weighted by atomic mass is 9.96. The van der Waals surface area contributed by atoms with Gasteiger partial charge in [0.25, 0.3) is 0 Å². The van der Waals surface area contributed by atoms with E-state index in [1.807, 2.05) is 26.0 Å². The molecule has 3 unspecified atom stereocenters. The summed E-state index contributed by atoms with van der Waals surface area (Å²) in [5.41, 5.74) is 1.66. The molecule has 28 heavy (non-hydrogen) atoms. The molecular weight excluding hydrogens is 491 g/mol. The third-order valence-electron chi connectivity index (χ3n) is 5.08. The summed E-state index contributed by atoms with van der Waals surface area (Å²) in [5.74, 6) is 0.713. The van der Waals surface area contributed by atoms with Gasteiger partial charge in [-0.15, -0.1) is 24.0 Å². The number of nitrogens with one attached hydrogen (secondary N) is 3. The molecule has 0 saturated carbocycles. The van der Waals surface area contributed by atoms with Crippen LogP contribution in [0.25, 0.3) is 0 Å². The molecule has 9 heteroatoms. The summed E-state index contributed by atoms with van der Waals surface area (Å²) < 4.78 is 33.6. The SMILES string of the molecule is CCNC(=NCCNS(=O)(=O)c1cc(C)ccc1C)NC1CC2CCC1O2.I. The molecule has 0 aliphatic carbocycles. The predicted octanol–water partition coefficient (Wildman–Crippen LogP) is 2.07. The van der Waals surface area contributed by atoms with Crippen LogP contribution in [-0.4, -0.2) is 52.3 Å². The highest BCUT2D eigenvalue weighted by molar-refractivity contribution is 14.0. The highest BCUT2D eigenvalue weighted by Crippen LogP contribution is 2.34. The summed E-state index contributed by atoms with van der Waals surface area (Å²) in [6, 6.07) is 5.72. The Kier molecular flexibility index (Phi) is 8.53. The Bertz CT molecular complexity index is 800. The number of halogens is 1. The third kappa shape index (κ3) is 5.80. The fourth-order valence-electron chi connectivity index (χ4n) is 3.71. The van der Waals surface area contributed by atoms with E-state index in [2.05, 4.69) is 20.3 Å². The average molecular weight is 522 g/mol. The smallest absolute Gasteiger partial charge is 0.240 e. The monoisotopic (exact) mass is 522 g/mol. The van der Waals surface area contributed by atoms with Gasteiger partial charge in [-0.2, -0.15) is 0 Å². The van der Waals surface area contributed by atoms with Crippen LogP contribution in [0, 0.1) is 13.8 Å². The summed E-state index contributed by atoms with van der Waals surface area (Å²) in [4.78, 5) is 4.84. The number of aliphatic imine (C=N–C) groups is 1. The Morgan fingerprint density at radius 2 is 2.07 bits per heavy atom. The molecule has 7 nitrogen and oxygen atoms in total. The van der Waals surface area contributed by atoms with Crippen molar-refractivity contribution < 1.29 is 13.2 Å². The van der Waals surface area contributed by atoms with Gasteiger partial charge in [0.2, 0.25) is 10.0 Å². The van der Waals surface area contributed by atoms with Crippen LogP contribution in [0.15, 0.2) is 28.1 Å². The van der Waals surface area contributed by atoms with Gasteiger partial charge in [0, 0.05) is 13.1 Å². The molecule has 0 radical (unpaired) electrons. The summed E-state index contributed by atoms with van der Waals surface area (Å²) in [6.07, 6.45) is 3.89. The van der Waals surface area contributed by atoms with Gasteiger partial charge in [-0.3, -0.25) is 4.99 Å². The molecule has 2 aliphatic rings. The maximum absolute atomic E-state index is 12.5. The minimum atomic E-state index is -3.53. The number of aryl methyl sites for hydroxylation is 2. The molecule has 158 valence electrons. The number of benzene rings is 1. The third-order valence-corrected chi connectivity index (χ3v) is 6.68. The summed E-state index contributed by atoms with van der Waals surface area (Å²) >= 11 is 0. The Balaban J connectivity index is 0.00000280. The van der Waals surface area contributed by atoms with Crippen LogP contribution < -0.4 is 15.4 Å². The first kappa shape index (κ1) is 23.4. The van der Waals surface area contributed by atoms with Crippen LogP contribution in [0.3, 0.4) is 0 Å². The Hall–Kier alpha value is -0.910. The molecule has 0 amide bonds. The zero-order valence-corrected chi connectivity index (χ0v) is 19.8. The van der Waals surface area contributed by atoms with Crippen molar-refractivity contribution in [2.45, 2.75) is 63.2 Å². The molecule has 1 aromatic rings. The van der Waals surface area contributed by atoms with Gasteiger partial charge >= 0.3 is 0 Å². The molecular formula is C19H31IN4O3S. The lowest BCUT2D eigenvalue weighted by Crippen LogP contribution is -2.47. The van der Waals surface area contributed by atoms with Crippen molar-refractivity contribution in [3.8, 4) is 0 Å². The van der Waals surface area contributed by atoms with Gasteiger partial charge in [-0.1, -0.05) is 12.1 Å². The second kappa shape index (κ2) is 10.2. The van der Waals surface area contributed by atoms with Gasteiger partial charge < -0.3 is 15.4 Å². The van der Waals surface area contributed by atoms with Crippen LogP contribution in [0.5, 0.6) is 0 Å². The van der Waals surface area contributed by atoms with E-state index in [4.69, 9.17) is 4.74 Å². The quantitative estimate of drug-likeness (QED) is 0.221. The van der Waals surface area contributed by atoms with Gasteiger partial charge in [-0.25, -0.2) is 13.1 Å². The highest BCUT2D eigenvalue weighted by Gasteiger charge is 2.41. The van der Waals surface area contributed by atoms with E-state index in [-0.39, 0.29) is 42.7 Å². The van der Waals surface area contributed by atoms with Crippen molar-refractivity contribution in [1.29, 1.82) is 0 Å². The number of guanidine groups is 1.